The molecule has 0 N–H and O–H groups in total. The Hall–Kier alpha value is -2.75. The number of amides is 1. The molecule has 1 aliphatic heterocycles. The van der Waals surface area contributed by atoms with Crippen LogP contribution < -0.4 is 0 Å². The molecule has 3 atom stereocenters. The highest BCUT2D eigenvalue weighted by atomic mass is 16.5. The minimum Gasteiger partial charge on any atom is -0.493 e. The fourth-order valence-corrected chi connectivity index (χ4v) is 4.35. The van der Waals surface area contributed by atoms with Crippen LogP contribution in [0.2, 0.25) is 0 Å². The number of rotatable bonds is 3. The molecule has 2 aromatic carbocycles. The van der Waals surface area contributed by atoms with Gasteiger partial charge in [-0.1, -0.05) is 30.3 Å². The van der Waals surface area contributed by atoms with Crippen molar-refractivity contribution in [2.24, 2.45) is 11.8 Å². The summed E-state index contributed by atoms with van der Waals surface area (Å²) in [5, 5.41) is 2.25. The van der Waals surface area contributed by atoms with Gasteiger partial charge in [-0.3, -0.25) is 4.79 Å². The Morgan fingerprint density at radius 3 is 2.44 bits per heavy atom. The topological polar surface area (TPSA) is 38.8 Å². The molecule has 4 nitrogen and oxygen atoms in total. The van der Waals surface area contributed by atoms with Gasteiger partial charge in [0.1, 0.15) is 0 Å². The third-order valence-electron chi connectivity index (χ3n) is 5.90. The first-order valence-corrected chi connectivity index (χ1v) is 9.44. The Balaban J connectivity index is 1.60. The van der Waals surface area contributed by atoms with E-state index < -0.39 is 0 Å². The van der Waals surface area contributed by atoms with Gasteiger partial charge in [0, 0.05) is 24.1 Å². The third kappa shape index (κ3) is 3.09. The van der Waals surface area contributed by atoms with Crippen LogP contribution in [0.15, 0.2) is 66.1 Å². The van der Waals surface area contributed by atoms with Gasteiger partial charge in [0.15, 0.2) is 11.5 Å². The molecular formula is C23H25NO3. The maximum Gasteiger partial charge on any atom is 0.254 e. The minimum atomic E-state index is 0.0978. The van der Waals surface area contributed by atoms with Crippen molar-refractivity contribution in [3.05, 3.63) is 71.7 Å². The van der Waals surface area contributed by atoms with Gasteiger partial charge in [-0.05, 0) is 54.3 Å². The standard InChI is InChI=1S/C23H25NO3/c1-15-20-14-22(27-3)21(26-2)13-18(20)10-11-24(15)23(25)19-9-8-16-6-4-5-7-17(16)12-19/h4-9,12-15,18,20H,10-11H2,1-3H3. The second-order valence-electron chi connectivity index (χ2n) is 7.30. The first-order valence-electron chi connectivity index (χ1n) is 9.44. The molecule has 1 fully saturated rings. The Labute approximate surface area is 160 Å². The number of allylic oxidation sites excluding steroid dienone is 1. The smallest absolute Gasteiger partial charge is 0.254 e. The van der Waals surface area contributed by atoms with Crippen LogP contribution in [0.3, 0.4) is 0 Å². The van der Waals surface area contributed by atoms with Gasteiger partial charge in [0.25, 0.3) is 5.91 Å². The van der Waals surface area contributed by atoms with E-state index in [0.29, 0.717) is 5.92 Å². The number of hydrogen-bond donors (Lipinski definition) is 0. The Morgan fingerprint density at radius 2 is 1.70 bits per heavy atom. The molecule has 1 saturated heterocycles. The number of methoxy groups -OCH3 is 2. The number of piperidine rings is 1. The normalized spacial score (nSPS) is 24.7. The summed E-state index contributed by atoms with van der Waals surface area (Å²) in [5.74, 6) is 2.25. The van der Waals surface area contributed by atoms with Crippen LogP contribution in [-0.4, -0.2) is 37.6 Å². The third-order valence-corrected chi connectivity index (χ3v) is 5.90. The molecule has 4 heteroatoms. The van der Waals surface area contributed by atoms with Crippen LogP contribution in [0, 0.1) is 11.8 Å². The van der Waals surface area contributed by atoms with Gasteiger partial charge in [-0.2, -0.15) is 0 Å². The average Bonchev–Trinajstić information content (AvgIpc) is 2.72. The lowest BCUT2D eigenvalue weighted by atomic mass is 9.76. The van der Waals surface area contributed by atoms with Gasteiger partial charge in [0.05, 0.1) is 14.2 Å². The van der Waals surface area contributed by atoms with E-state index in [4.69, 9.17) is 9.47 Å². The molecule has 4 rings (SSSR count). The fourth-order valence-electron chi connectivity index (χ4n) is 4.35. The lowest BCUT2D eigenvalue weighted by Crippen LogP contribution is -2.50. The highest BCUT2D eigenvalue weighted by Gasteiger charge is 2.39. The predicted molar refractivity (Wildman–Crippen MR) is 106 cm³/mol. The quantitative estimate of drug-likeness (QED) is 0.812. The first kappa shape index (κ1) is 17.7. The molecule has 0 aromatic heterocycles. The van der Waals surface area contributed by atoms with Crippen molar-refractivity contribution < 1.29 is 14.3 Å². The van der Waals surface area contributed by atoms with Crippen molar-refractivity contribution in [3.8, 4) is 0 Å². The number of carbonyl (C=O) groups excluding carboxylic acids is 1. The SMILES string of the molecule is COC1=CC2CCN(C(=O)c3ccc4ccccc4c3)C(C)C2C=C1OC. The molecule has 2 aromatic rings. The summed E-state index contributed by atoms with van der Waals surface area (Å²) in [5.41, 5.74) is 0.749. The van der Waals surface area contributed by atoms with Gasteiger partial charge in [-0.15, -0.1) is 0 Å². The van der Waals surface area contributed by atoms with Crippen LogP contribution in [-0.2, 0) is 9.47 Å². The maximum atomic E-state index is 13.2. The Bertz CT molecular complexity index is 930. The minimum absolute atomic E-state index is 0.0978. The van der Waals surface area contributed by atoms with Gasteiger partial charge >= 0.3 is 0 Å². The second-order valence-corrected chi connectivity index (χ2v) is 7.30. The van der Waals surface area contributed by atoms with Crippen molar-refractivity contribution in [3.63, 3.8) is 0 Å². The summed E-state index contributed by atoms with van der Waals surface area (Å²) in [4.78, 5) is 15.2. The van der Waals surface area contributed by atoms with Gasteiger partial charge in [0.2, 0.25) is 0 Å². The van der Waals surface area contributed by atoms with Crippen LogP contribution in [0.4, 0.5) is 0 Å². The van der Waals surface area contributed by atoms with E-state index in [2.05, 4.69) is 25.1 Å². The van der Waals surface area contributed by atoms with Crippen LogP contribution >= 0.6 is 0 Å². The number of benzene rings is 2. The van der Waals surface area contributed by atoms with Crippen molar-refractivity contribution >= 4 is 16.7 Å². The van der Waals surface area contributed by atoms with Gasteiger partial charge < -0.3 is 14.4 Å². The Morgan fingerprint density at radius 1 is 1.00 bits per heavy atom. The number of nitrogens with zero attached hydrogens (tertiary/aromatic N) is 1. The summed E-state index contributed by atoms with van der Waals surface area (Å²) in [6.07, 6.45) is 5.19. The lowest BCUT2D eigenvalue weighted by Gasteiger charge is -2.43. The number of ether oxygens (including phenoxy) is 2. The summed E-state index contributed by atoms with van der Waals surface area (Å²) in [6.45, 7) is 2.88. The van der Waals surface area contributed by atoms with Crippen molar-refractivity contribution in [2.45, 2.75) is 19.4 Å². The monoisotopic (exact) mass is 363 g/mol. The van der Waals surface area contributed by atoms with Crippen LogP contribution in [0.5, 0.6) is 0 Å². The summed E-state index contributed by atoms with van der Waals surface area (Å²) in [7, 11) is 3.32. The molecular weight excluding hydrogens is 338 g/mol. The van der Waals surface area contributed by atoms with E-state index in [9.17, 15) is 4.79 Å². The molecule has 2 aliphatic rings. The zero-order chi connectivity index (χ0) is 19.0. The molecule has 0 bridgehead atoms. The number of likely N-dealkylation sites (tertiary alicyclic amines) is 1. The summed E-state index contributed by atoms with van der Waals surface area (Å²) in [6, 6.07) is 14.2. The summed E-state index contributed by atoms with van der Waals surface area (Å²) < 4.78 is 10.9. The molecule has 140 valence electrons. The van der Waals surface area contributed by atoms with Crippen molar-refractivity contribution in [1.29, 1.82) is 0 Å². The first-order chi connectivity index (χ1) is 13.1. The summed E-state index contributed by atoms with van der Waals surface area (Å²) >= 11 is 0. The molecule has 1 heterocycles. The van der Waals surface area contributed by atoms with E-state index in [0.717, 1.165) is 40.8 Å². The number of carbonyl (C=O) groups is 1. The molecule has 1 amide bonds. The lowest BCUT2D eigenvalue weighted by molar-refractivity contribution is 0.0498. The largest absolute Gasteiger partial charge is 0.493 e. The zero-order valence-corrected chi connectivity index (χ0v) is 16.0. The van der Waals surface area contributed by atoms with E-state index in [1.807, 2.05) is 41.3 Å². The van der Waals surface area contributed by atoms with E-state index in [1.54, 1.807) is 14.2 Å². The maximum absolute atomic E-state index is 13.2. The van der Waals surface area contributed by atoms with Crippen LogP contribution in [0.25, 0.3) is 10.8 Å². The predicted octanol–water partition coefficient (Wildman–Crippen LogP) is 4.38. The highest BCUT2D eigenvalue weighted by molar-refractivity contribution is 5.98. The average molecular weight is 363 g/mol. The molecule has 0 saturated carbocycles. The molecule has 3 unspecified atom stereocenters. The molecule has 27 heavy (non-hydrogen) atoms. The Kier molecular flexibility index (Phi) is 4.65. The number of hydrogen-bond acceptors (Lipinski definition) is 3. The van der Waals surface area contributed by atoms with E-state index in [1.165, 1.54) is 0 Å². The molecule has 1 aliphatic carbocycles. The zero-order valence-electron chi connectivity index (χ0n) is 16.0. The van der Waals surface area contributed by atoms with Crippen molar-refractivity contribution in [1.82, 2.24) is 4.90 Å². The molecule has 0 radical (unpaired) electrons. The van der Waals surface area contributed by atoms with Gasteiger partial charge in [-0.25, -0.2) is 0 Å². The fraction of sp³-hybridized carbons (Fsp3) is 0.348. The number of fused-ring (bicyclic) bond motifs is 2. The van der Waals surface area contributed by atoms with Crippen molar-refractivity contribution in [2.75, 3.05) is 20.8 Å². The van der Waals surface area contributed by atoms with E-state index >= 15 is 0 Å². The van der Waals surface area contributed by atoms with Crippen LogP contribution in [0.1, 0.15) is 23.7 Å². The highest BCUT2D eigenvalue weighted by Crippen LogP contribution is 2.38. The van der Waals surface area contributed by atoms with E-state index in [-0.39, 0.29) is 17.9 Å². The second kappa shape index (κ2) is 7.10. The molecule has 0 spiro atoms.